The Morgan fingerprint density at radius 3 is 2.23 bits per heavy atom. The van der Waals surface area contributed by atoms with Gasteiger partial charge in [-0.05, 0) is 89.3 Å². The van der Waals surface area contributed by atoms with Crippen LogP contribution in [0.15, 0.2) is 79.5 Å². The molecule has 0 atom stereocenters. The molecule has 1 aliphatic carbocycles. The summed E-state index contributed by atoms with van der Waals surface area (Å²) in [6.45, 7) is 27.6. The number of fused-ring (bicyclic) bond motifs is 1. The Morgan fingerprint density at radius 1 is 1.05 bits per heavy atom. The molecule has 0 radical (unpaired) electrons. The van der Waals surface area contributed by atoms with E-state index in [1.54, 1.807) is 18.2 Å². The van der Waals surface area contributed by atoms with Crippen molar-refractivity contribution in [2.45, 2.75) is 87.5 Å². The third kappa shape index (κ3) is 16.5. The molecule has 6 nitrogen and oxygen atoms in total. The van der Waals surface area contributed by atoms with Crippen LogP contribution in [0.4, 0.5) is 5.69 Å². The van der Waals surface area contributed by atoms with Crippen LogP contribution in [0.2, 0.25) is 0 Å². The Labute approximate surface area is 309 Å². The average Bonchev–Trinajstić information content (AvgIpc) is 3.64. The topological polar surface area (TPSA) is 73.9 Å². The molecule has 3 aromatic rings. The van der Waals surface area contributed by atoms with Crippen molar-refractivity contribution in [3.8, 4) is 5.69 Å². The molecule has 1 aromatic heterocycles. The van der Waals surface area contributed by atoms with Gasteiger partial charge in [0, 0.05) is 16.9 Å². The molecule has 0 unspecified atom stereocenters. The van der Waals surface area contributed by atoms with Crippen molar-refractivity contribution >= 4 is 24.2 Å². The molecular weight excluding hydrogens is 570 g/mol. The van der Waals surface area contributed by atoms with Gasteiger partial charge in [0.1, 0.15) is 5.35 Å². The van der Waals surface area contributed by atoms with Gasteiger partial charge in [0.25, 0.3) is 0 Å². The van der Waals surface area contributed by atoms with Crippen LogP contribution in [-0.4, -0.2) is 27.4 Å². The number of allylic oxidation sites excluding steroid dienone is 4. The Morgan fingerprint density at radius 2 is 1.68 bits per heavy atom. The number of hydrogen-bond donors (Lipinski definition) is 1. The summed E-state index contributed by atoms with van der Waals surface area (Å²) in [6.07, 6.45) is 13.3. The van der Waals surface area contributed by atoms with Gasteiger partial charge >= 0.3 is 51.4 Å². The zero-order valence-electron chi connectivity index (χ0n) is 28.9. The quantitative estimate of drug-likeness (QED) is 0.208. The molecule has 2 aromatic carbocycles. The first-order valence-corrected chi connectivity index (χ1v) is 15.3. The molecular formula is C37H54KN5O. The van der Waals surface area contributed by atoms with Gasteiger partial charge in [-0.1, -0.05) is 94.5 Å². The minimum Gasteiger partial charge on any atom is -0.649 e. The Bertz CT molecular complexity index is 1390. The molecule has 44 heavy (non-hydrogen) atoms. The number of aromatic nitrogens is 3. The summed E-state index contributed by atoms with van der Waals surface area (Å²) < 4.78 is 1.81. The number of carbonyl (C=O) groups excluding carboxylic acids is 1. The summed E-state index contributed by atoms with van der Waals surface area (Å²) in [7, 11) is 0. The second-order valence-electron chi connectivity index (χ2n) is 9.53. The predicted molar refractivity (Wildman–Crippen MR) is 188 cm³/mol. The van der Waals surface area contributed by atoms with Crippen molar-refractivity contribution in [1.29, 1.82) is 0 Å². The van der Waals surface area contributed by atoms with Gasteiger partial charge in [0.05, 0.1) is 16.9 Å². The summed E-state index contributed by atoms with van der Waals surface area (Å²) in [4.78, 5) is 11.7. The van der Waals surface area contributed by atoms with Gasteiger partial charge in [-0.2, -0.15) is 0 Å². The molecule has 0 saturated carbocycles. The normalized spacial score (nSPS) is 11.0. The molecule has 0 bridgehead atoms. The number of nitrogens with zero attached hydrogens (tertiary/aromatic N) is 4. The van der Waals surface area contributed by atoms with Crippen LogP contribution in [0, 0.1) is 0 Å². The van der Waals surface area contributed by atoms with Gasteiger partial charge in [0.2, 0.25) is 0 Å². The van der Waals surface area contributed by atoms with Crippen molar-refractivity contribution in [3.05, 3.63) is 112 Å². The smallest absolute Gasteiger partial charge is 0.649 e. The summed E-state index contributed by atoms with van der Waals surface area (Å²) in [5.41, 5.74) is 6.32. The first-order chi connectivity index (χ1) is 20.8. The van der Waals surface area contributed by atoms with Gasteiger partial charge in [-0.3, -0.25) is 0 Å². The van der Waals surface area contributed by atoms with Gasteiger partial charge < -0.3 is 15.4 Å². The van der Waals surface area contributed by atoms with E-state index in [-0.39, 0.29) is 57.3 Å². The third-order valence-electron chi connectivity index (χ3n) is 5.96. The van der Waals surface area contributed by atoms with E-state index in [1.807, 2.05) is 83.5 Å². The van der Waals surface area contributed by atoms with Gasteiger partial charge in [-0.15, -0.1) is 18.2 Å². The molecule has 1 heterocycles. The number of aryl methyl sites for hydroxylation is 2. The van der Waals surface area contributed by atoms with Crippen LogP contribution < -0.4 is 67.4 Å². The number of unbranched alkanes of at least 4 members (excludes halogenated alkanes) is 1. The second kappa shape index (κ2) is 26.8. The van der Waals surface area contributed by atoms with Crippen LogP contribution in [0.5, 0.6) is 0 Å². The first-order valence-electron chi connectivity index (χ1n) is 15.3. The van der Waals surface area contributed by atoms with Gasteiger partial charge in [-0.25, -0.2) is 4.68 Å². The number of rotatable bonds is 7. The molecule has 7 heteroatoms. The van der Waals surface area contributed by atoms with E-state index in [2.05, 4.69) is 65.8 Å². The van der Waals surface area contributed by atoms with E-state index in [9.17, 15) is 4.79 Å². The number of amides is 1. The van der Waals surface area contributed by atoms with Crippen LogP contribution >= 0.6 is 0 Å². The number of benzene rings is 2. The fraction of sp³-hybridized carbons (Fsp3) is 0.378. The number of anilines is 1. The van der Waals surface area contributed by atoms with Crippen molar-refractivity contribution in [2.75, 3.05) is 11.9 Å². The van der Waals surface area contributed by atoms with Crippen molar-refractivity contribution in [2.24, 2.45) is 0 Å². The maximum Gasteiger partial charge on any atom is 1.00 e. The van der Waals surface area contributed by atoms with E-state index in [1.165, 1.54) is 30.4 Å². The zero-order valence-corrected chi connectivity index (χ0v) is 32.0. The Kier molecular flexibility index (Phi) is 26.6. The average molecular weight is 624 g/mol. The molecule has 234 valence electrons. The van der Waals surface area contributed by atoms with Gasteiger partial charge in [0.15, 0.2) is 0 Å². The van der Waals surface area contributed by atoms with E-state index in [0.29, 0.717) is 12.1 Å². The van der Waals surface area contributed by atoms with Crippen molar-refractivity contribution in [3.63, 3.8) is 0 Å². The van der Waals surface area contributed by atoms with Crippen LogP contribution in [-0.2, 0) is 12.8 Å². The Balaban J connectivity index is 0. The zero-order chi connectivity index (χ0) is 32.6. The van der Waals surface area contributed by atoms with Crippen LogP contribution in [0.1, 0.15) is 96.1 Å². The van der Waals surface area contributed by atoms with Crippen LogP contribution in [0.25, 0.3) is 23.7 Å². The molecule has 0 spiro atoms. The molecule has 1 aliphatic rings. The predicted octanol–water partition coefficient (Wildman–Crippen LogP) is 5.72. The second-order valence-corrected chi connectivity index (χ2v) is 9.53. The molecule has 0 fully saturated rings. The van der Waals surface area contributed by atoms with Crippen molar-refractivity contribution in [1.82, 2.24) is 15.0 Å². The first kappa shape index (κ1) is 43.6. The fourth-order valence-corrected chi connectivity index (χ4v) is 3.84. The molecule has 0 saturated heterocycles. The summed E-state index contributed by atoms with van der Waals surface area (Å²) in [5.74, 6) is -0.149. The van der Waals surface area contributed by atoms with Crippen LogP contribution in [0.3, 0.4) is 0 Å². The molecule has 1 amide bonds. The maximum absolute atomic E-state index is 11.7. The van der Waals surface area contributed by atoms with E-state index < -0.39 is 0 Å². The summed E-state index contributed by atoms with van der Waals surface area (Å²) >= 11 is 0. The Hall–Kier alpha value is -2.55. The number of carbonyl (C=O) groups is 1. The van der Waals surface area contributed by atoms with E-state index in [0.717, 1.165) is 40.6 Å². The largest absolute Gasteiger partial charge is 1.00 e. The molecule has 0 aliphatic heterocycles. The number of nitrogens with one attached hydrogen (secondary N) is 1. The molecule has 1 N–H and O–H groups in total. The minimum atomic E-state index is -0.149. The SMILES string of the molecule is C/C=C\C.C=C(C)Nc1cccc(C(=O)[N-]CCCC)c1.C=CC.C=c1/c(=C\C)nnn1-c1ccc2c(c1)CCC2.CC.[K+]. The number of hydrogen-bond acceptors (Lipinski definition) is 4. The fourth-order valence-electron chi connectivity index (χ4n) is 3.84. The van der Waals surface area contributed by atoms with Crippen molar-refractivity contribution < 1.29 is 56.2 Å². The third-order valence-corrected chi connectivity index (χ3v) is 5.96. The summed E-state index contributed by atoms with van der Waals surface area (Å²) in [6, 6.07) is 13.8. The standard InChI is InChI=1S/C14H15N3.C14H20N2O.C4H8.C3H6.C2H6.K/c1-3-14-10(2)17(16-15-14)13-8-7-11-5-4-6-12(11)9-13;1-4-5-9-15-14(17)12-7-6-8-13(10-12)16-11(2)3;1-3-4-2;1-3-2;1-2;/h3,7-9H,2,4-6H2,1H3;6-8,10,16H,2,4-5,9H2,1,3H3,(H,15,17);3-4H,1-2H3;3H,1H2,2H3;1-2H3;/q;;;;;+1/p-1/b14-3+;;4-3-;;;. The maximum atomic E-state index is 11.7. The van der Waals surface area contributed by atoms with E-state index >= 15 is 0 Å². The monoisotopic (exact) mass is 623 g/mol. The van der Waals surface area contributed by atoms with E-state index in [4.69, 9.17) is 0 Å². The minimum absolute atomic E-state index is 0. The summed E-state index contributed by atoms with van der Waals surface area (Å²) in [5, 5.41) is 17.1. The molecule has 4 rings (SSSR count).